The Morgan fingerprint density at radius 3 is 2.56 bits per heavy atom. The molecule has 2 aromatic rings. The summed E-state index contributed by atoms with van der Waals surface area (Å²) < 4.78 is 47.5. The fourth-order valence-electron chi connectivity index (χ4n) is 6.71. The molecule has 6 rings (SSSR count). The standard InChI is InChI=1S/C30H33F3N6O4/c1-2-37-27-23(25(29(42)38-12-4-7-21(38)16-34)36-39(27)20-10-13-43-14-11-20)22(17-8-9-17)24(28(37)41)35-26(40)18-5-3-6-19(15-18)30(31,32)33/h3,5-6,15,17,20-22,24H,2,4,7-14H2,1H3,(H,35,40). The van der Waals surface area contributed by atoms with Gasteiger partial charge >= 0.3 is 6.18 Å². The molecule has 3 aliphatic heterocycles. The van der Waals surface area contributed by atoms with Gasteiger partial charge in [0.1, 0.15) is 17.9 Å². The quantitative estimate of drug-likeness (QED) is 0.536. The molecule has 1 aliphatic carbocycles. The molecule has 0 bridgehead atoms. The molecule has 228 valence electrons. The Balaban J connectivity index is 1.45. The highest BCUT2D eigenvalue weighted by molar-refractivity contribution is 6.07. The van der Waals surface area contributed by atoms with Gasteiger partial charge in [0.15, 0.2) is 5.69 Å². The van der Waals surface area contributed by atoms with E-state index < -0.39 is 41.6 Å². The van der Waals surface area contributed by atoms with E-state index in [1.165, 1.54) is 15.9 Å². The van der Waals surface area contributed by atoms with Crippen LogP contribution in [0.2, 0.25) is 0 Å². The predicted molar refractivity (Wildman–Crippen MR) is 147 cm³/mol. The Bertz CT molecular complexity index is 1470. The largest absolute Gasteiger partial charge is 0.416 e. The van der Waals surface area contributed by atoms with E-state index in [2.05, 4.69) is 11.4 Å². The lowest BCUT2D eigenvalue weighted by Crippen LogP contribution is -2.56. The maximum Gasteiger partial charge on any atom is 0.416 e. The summed E-state index contributed by atoms with van der Waals surface area (Å²) >= 11 is 0. The van der Waals surface area contributed by atoms with E-state index >= 15 is 0 Å². The number of amides is 3. The number of nitrogens with zero attached hydrogens (tertiary/aromatic N) is 5. The van der Waals surface area contributed by atoms with E-state index in [0.29, 0.717) is 56.8 Å². The van der Waals surface area contributed by atoms with E-state index in [1.54, 1.807) is 11.6 Å². The van der Waals surface area contributed by atoms with Crippen molar-refractivity contribution < 1.29 is 32.3 Å². The van der Waals surface area contributed by atoms with Gasteiger partial charge in [0.2, 0.25) is 0 Å². The number of carbonyl (C=O) groups excluding carboxylic acids is 3. The first kappa shape index (κ1) is 29.2. The number of likely N-dealkylation sites (tertiary alicyclic amines) is 1. The first-order valence-electron chi connectivity index (χ1n) is 14.8. The van der Waals surface area contributed by atoms with Crippen molar-refractivity contribution >= 4 is 23.5 Å². The first-order chi connectivity index (χ1) is 20.6. The minimum atomic E-state index is -4.63. The van der Waals surface area contributed by atoms with Crippen LogP contribution in [0.4, 0.5) is 19.0 Å². The van der Waals surface area contributed by atoms with Gasteiger partial charge in [-0.1, -0.05) is 6.07 Å². The number of halogens is 3. The smallest absolute Gasteiger partial charge is 0.381 e. The normalized spacial score (nSPS) is 24.5. The number of rotatable bonds is 6. The van der Waals surface area contributed by atoms with Crippen molar-refractivity contribution in [1.82, 2.24) is 20.0 Å². The van der Waals surface area contributed by atoms with E-state index in [0.717, 1.165) is 31.0 Å². The molecule has 0 spiro atoms. The molecule has 2 saturated heterocycles. The van der Waals surface area contributed by atoms with Gasteiger partial charge in [0, 0.05) is 43.3 Å². The van der Waals surface area contributed by atoms with Crippen molar-refractivity contribution in [3.63, 3.8) is 0 Å². The number of benzene rings is 1. The lowest BCUT2D eigenvalue weighted by molar-refractivity contribution is -0.137. The first-order valence-corrected chi connectivity index (χ1v) is 14.8. The average Bonchev–Trinajstić information content (AvgIpc) is 3.59. The highest BCUT2D eigenvalue weighted by Gasteiger charge is 2.52. The Morgan fingerprint density at radius 2 is 1.91 bits per heavy atom. The summed E-state index contributed by atoms with van der Waals surface area (Å²) in [6, 6.07) is 4.49. The summed E-state index contributed by atoms with van der Waals surface area (Å²) in [5, 5.41) is 17.3. The number of aromatic nitrogens is 2. The van der Waals surface area contributed by atoms with Gasteiger partial charge in [0.05, 0.1) is 17.7 Å². The van der Waals surface area contributed by atoms with Crippen LogP contribution >= 0.6 is 0 Å². The third-order valence-electron chi connectivity index (χ3n) is 8.99. The Kier molecular flexibility index (Phi) is 7.66. The molecule has 3 atom stereocenters. The summed E-state index contributed by atoms with van der Waals surface area (Å²) in [5.74, 6) is -1.69. The Morgan fingerprint density at radius 1 is 1.16 bits per heavy atom. The molecule has 4 heterocycles. The molecule has 13 heteroatoms. The number of alkyl halides is 3. The van der Waals surface area contributed by atoms with Gasteiger partial charge in [-0.2, -0.15) is 23.5 Å². The maximum absolute atomic E-state index is 14.2. The second-order valence-electron chi connectivity index (χ2n) is 11.6. The minimum Gasteiger partial charge on any atom is -0.381 e. The highest BCUT2D eigenvalue weighted by Crippen LogP contribution is 2.52. The van der Waals surface area contributed by atoms with Crippen molar-refractivity contribution in [3.05, 3.63) is 46.6 Å². The number of hydrogen-bond acceptors (Lipinski definition) is 6. The number of ether oxygens (including phenoxy) is 1. The minimum absolute atomic E-state index is 0.0299. The van der Waals surface area contributed by atoms with Gasteiger partial charge in [0.25, 0.3) is 17.7 Å². The summed E-state index contributed by atoms with van der Waals surface area (Å²) in [5.41, 5.74) is -0.438. The fraction of sp³-hybridized carbons (Fsp3) is 0.567. The van der Waals surface area contributed by atoms with Crippen LogP contribution in [0.5, 0.6) is 0 Å². The van der Waals surface area contributed by atoms with Crippen LogP contribution in [-0.4, -0.2) is 70.8 Å². The molecular formula is C30H33F3N6O4. The molecular weight excluding hydrogens is 565 g/mol. The lowest BCUT2D eigenvalue weighted by atomic mass is 9.82. The van der Waals surface area contributed by atoms with E-state index in [-0.39, 0.29) is 35.7 Å². The zero-order chi connectivity index (χ0) is 30.5. The number of likely N-dealkylation sites (N-methyl/N-ethyl adjacent to an activating group) is 1. The number of anilines is 1. The van der Waals surface area contributed by atoms with Crippen LogP contribution in [-0.2, 0) is 15.7 Å². The molecule has 3 amide bonds. The number of nitriles is 1. The van der Waals surface area contributed by atoms with E-state index in [1.807, 2.05) is 0 Å². The second kappa shape index (κ2) is 11.3. The van der Waals surface area contributed by atoms with Crippen LogP contribution in [0.3, 0.4) is 0 Å². The number of nitrogens with one attached hydrogen (secondary N) is 1. The topological polar surface area (TPSA) is 121 Å². The van der Waals surface area contributed by atoms with Crippen LogP contribution < -0.4 is 10.2 Å². The Labute approximate surface area is 246 Å². The van der Waals surface area contributed by atoms with Gasteiger partial charge in [-0.3, -0.25) is 19.3 Å². The molecule has 4 aliphatic rings. The zero-order valence-corrected chi connectivity index (χ0v) is 23.8. The monoisotopic (exact) mass is 598 g/mol. The van der Waals surface area contributed by atoms with Crippen molar-refractivity contribution in [3.8, 4) is 6.07 Å². The summed E-state index contributed by atoms with van der Waals surface area (Å²) in [4.78, 5) is 44.7. The molecule has 10 nitrogen and oxygen atoms in total. The molecule has 0 radical (unpaired) electrons. The highest BCUT2D eigenvalue weighted by atomic mass is 19.4. The molecule has 1 aromatic heterocycles. The van der Waals surface area contributed by atoms with Crippen LogP contribution in [0, 0.1) is 17.2 Å². The molecule has 43 heavy (non-hydrogen) atoms. The van der Waals surface area contributed by atoms with Gasteiger partial charge < -0.3 is 15.0 Å². The molecule has 3 unspecified atom stereocenters. The van der Waals surface area contributed by atoms with Gasteiger partial charge in [-0.25, -0.2) is 4.68 Å². The van der Waals surface area contributed by atoms with E-state index in [4.69, 9.17) is 9.84 Å². The summed E-state index contributed by atoms with van der Waals surface area (Å²) in [6.45, 7) is 3.45. The fourth-order valence-corrected chi connectivity index (χ4v) is 6.71. The van der Waals surface area contributed by atoms with Crippen molar-refractivity contribution in [2.24, 2.45) is 5.92 Å². The average molecular weight is 599 g/mol. The summed E-state index contributed by atoms with van der Waals surface area (Å²) in [6.07, 6.45) is -0.573. The number of fused-ring (bicyclic) bond motifs is 1. The maximum atomic E-state index is 14.2. The molecule has 1 aromatic carbocycles. The Hall–Kier alpha value is -3.92. The third kappa shape index (κ3) is 5.26. The van der Waals surface area contributed by atoms with Crippen LogP contribution in [0.1, 0.15) is 89.4 Å². The predicted octanol–water partition coefficient (Wildman–Crippen LogP) is 4.04. The third-order valence-corrected chi connectivity index (χ3v) is 8.99. The number of hydrogen-bond donors (Lipinski definition) is 1. The van der Waals surface area contributed by atoms with Gasteiger partial charge in [-0.15, -0.1) is 0 Å². The molecule has 1 N–H and O–H groups in total. The van der Waals surface area contributed by atoms with Crippen molar-refractivity contribution in [1.29, 1.82) is 5.26 Å². The van der Waals surface area contributed by atoms with Gasteiger partial charge in [-0.05, 0) is 69.6 Å². The molecule has 1 saturated carbocycles. The SMILES string of the molecule is CCN1C(=O)C(NC(=O)c2cccc(C(F)(F)F)c2)C(C2CC2)c2c(C(=O)N3CCCC3C#N)nn(C3CCOCC3)c21. The second-order valence-corrected chi connectivity index (χ2v) is 11.6. The van der Waals surface area contributed by atoms with Crippen molar-refractivity contribution in [2.75, 3.05) is 31.2 Å². The molecule has 3 fully saturated rings. The number of carbonyl (C=O) groups is 3. The zero-order valence-electron chi connectivity index (χ0n) is 23.8. The van der Waals surface area contributed by atoms with Crippen molar-refractivity contribution in [2.45, 2.75) is 75.7 Å². The van der Waals surface area contributed by atoms with Crippen LogP contribution in [0.15, 0.2) is 24.3 Å². The lowest BCUT2D eigenvalue weighted by Gasteiger charge is -2.39. The van der Waals surface area contributed by atoms with E-state index in [9.17, 15) is 32.8 Å². The summed E-state index contributed by atoms with van der Waals surface area (Å²) in [7, 11) is 0. The van der Waals surface area contributed by atoms with Crippen LogP contribution in [0.25, 0.3) is 0 Å².